The number of hydrogen-bond acceptors (Lipinski definition) is 3. The van der Waals surface area contributed by atoms with Gasteiger partial charge in [0.25, 0.3) is 0 Å². The number of rotatable bonds is 4. The molecule has 2 saturated heterocycles. The molecule has 2 fully saturated rings. The van der Waals surface area contributed by atoms with E-state index < -0.39 is 0 Å². The number of benzene rings is 1. The summed E-state index contributed by atoms with van der Waals surface area (Å²) in [5, 5.41) is 0. The molecule has 0 aliphatic carbocycles. The molecule has 2 aliphatic rings. The van der Waals surface area contributed by atoms with Crippen LogP contribution in [0.4, 0.5) is 4.39 Å². The van der Waals surface area contributed by atoms with Crippen LogP contribution in [0.5, 0.6) is 0 Å². The van der Waals surface area contributed by atoms with Crippen molar-refractivity contribution in [1.82, 2.24) is 9.80 Å². The van der Waals surface area contributed by atoms with Crippen molar-refractivity contribution >= 4 is 5.91 Å². The Kier molecular flexibility index (Phi) is 6.07. The summed E-state index contributed by atoms with van der Waals surface area (Å²) in [6.07, 6.45) is 5.29. The summed E-state index contributed by atoms with van der Waals surface area (Å²) in [4.78, 5) is 17.5. The number of amides is 1. The third-order valence-electron chi connectivity index (χ3n) is 5.71. The Morgan fingerprint density at radius 3 is 2.68 bits per heavy atom. The Morgan fingerprint density at radius 2 is 1.96 bits per heavy atom. The Bertz CT molecular complexity index is 575. The van der Waals surface area contributed by atoms with Gasteiger partial charge in [-0.3, -0.25) is 9.69 Å². The van der Waals surface area contributed by atoms with E-state index in [0.29, 0.717) is 12.5 Å². The first-order chi connectivity index (χ1) is 12.0. The largest absolute Gasteiger partial charge is 0.341 e. The molecule has 0 aromatic heterocycles. The van der Waals surface area contributed by atoms with Gasteiger partial charge in [0, 0.05) is 25.7 Å². The van der Waals surface area contributed by atoms with Crippen LogP contribution < -0.4 is 5.73 Å². The van der Waals surface area contributed by atoms with E-state index in [4.69, 9.17) is 5.73 Å². The fraction of sp³-hybridized carbons (Fsp3) is 0.650. The molecule has 0 unspecified atom stereocenters. The zero-order valence-corrected chi connectivity index (χ0v) is 15.2. The zero-order valence-electron chi connectivity index (χ0n) is 15.2. The predicted molar refractivity (Wildman–Crippen MR) is 97.4 cm³/mol. The molecule has 138 valence electrons. The highest BCUT2D eigenvalue weighted by Crippen LogP contribution is 2.25. The number of piperidine rings is 2. The van der Waals surface area contributed by atoms with Crippen molar-refractivity contribution in [3.63, 3.8) is 0 Å². The summed E-state index contributed by atoms with van der Waals surface area (Å²) in [5.41, 5.74) is 7.13. The first-order valence-electron chi connectivity index (χ1n) is 9.57. The van der Waals surface area contributed by atoms with Crippen LogP contribution >= 0.6 is 0 Å². The molecule has 5 heteroatoms. The standard InChI is InChI=1S/C20H30FN3O/c1-15(22)17-5-4-12-24(14-17)20(25)19-6-2-3-11-23(19)13-16-7-9-18(21)10-8-16/h7-10,15,17,19H,2-6,11-14,22H2,1H3/t15-,17-,19+/m0/s1. The molecule has 3 rings (SSSR count). The van der Waals surface area contributed by atoms with Gasteiger partial charge in [-0.2, -0.15) is 0 Å². The minimum Gasteiger partial charge on any atom is -0.341 e. The molecule has 3 atom stereocenters. The van der Waals surface area contributed by atoms with E-state index in [1.165, 1.54) is 12.1 Å². The number of likely N-dealkylation sites (tertiary alicyclic amines) is 2. The quantitative estimate of drug-likeness (QED) is 0.911. The second-order valence-electron chi connectivity index (χ2n) is 7.65. The lowest BCUT2D eigenvalue weighted by atomic mass is 9.91. The van der Waals surface area contributed by atoms with Gasteiger partial charge >= 0.3 is 0 Å². The third-order valence-corrected chi connectivity index (χ3v) is 5.71. The molecule has 0 spiro atoms. The maximum Gasteiger partial charge on any atom is 0.239 e. The van der Waals surface area contributed by atoms with Crippen LogP contribution in [0.2, 0.25) is 0 Å². The summed E-state index contributed by atoms with van der Waals surface area (Å²) in [7, 11) is 0. The normalized spacial score (nSPS) is 26.4. The number of nitrogens with two attached hydrogens (primary N) is 1. The minimum absolute atomic E-state index is 0.0503. The van der Waals surface area contributed by atoms with E-state index >= 15 is 0 Å². The molecule has 2 aliphatic heterocycles. The minimum atomic E-state index is -0.217. The summed E-state index contributed by atoms with van der Waals surface area (Å²) < 4.78 is 13.1. The second-order valence-corrected chi connectivity index (χ2v) is 7.65. The summed E-state index contributed by atoms with van der Waals surface area (Å²) in [6, 6.07) is 6.71. The van der Waals surface area contributed by atoms with E-state index in [1.807, 2.05) is 24.0 Å². The van der Waals surface area contributed by atoms with Crippen LogP contribution in [-0.4, -0.2) is 47.4 Å². The van der Waals surface area contributed by atoms with Crippen LogP contribution in [0.3, 0.4) is 0 Å². The number of nitrogens with zero attached hydrogens (tertiary/aromatic N) is 2. The Labute approximate surface area is 150 Å². The van der Waals surface area contributed by atoms with Crippen molar-refractivity contribution < 1.29 is 9.18 Å². The van der Waals surface area contributed by atoms with Gasteiger partial charge in [0.15, 0.2) is 0 Å². The van der Waals surface area contributed by atoms with Crippen LogP contribution in [-0.2, 0) is 11.3 Å². The van der Waals surface area contributed by atoms with Gasteiger partial charge < -0.3 is 10.6 Å². The zero-order chi connectivity index (χ0) is 17.8. The SMILES string of the molecule is C[C@H](N)[C@H]1CCCN(C(=O)[C@H]2CCCCN2Cc2ccc(F)cc2)C1. The molecule has 1 aromatic rings. The molecule has 1 aromatic carbocycles. The topological polar surface area (TPSA) is 49.6 Å². The van der Waals surface area contributed by atoms with Gasteiger partial charge in [0.1, 0.15) is 5.82 Å². The van der Waals surface area contributed by atoms with Gasteiger partial charge in [-0.25, -0.2) is 4.39 Å². The lowest BCUT2D eigenvalue weighted by Gasteiger charge is -2.41. The van der Waals surface area contributed by atoms with Gasteiger partial charge in [-0.1, -0.05) is 18.6 Å². The van der Waals surface area contributed by atoms with Crippen molar-refractivity contribution in [1.29, 1.82) is 0 Å². The lowest BCUT2D eigenvalue weighted by molar-refractivity contribution is -0.140. The van der Waals surface area contributed by atoms with Crippen molar-refractivity contribution in [3.05, 3.63) is 35.6 Å². The lowest BCUT2D eigenvalue weighted by Crippen LogP contribution is -2.54. The summed E-state index contributed by atoms with van der Waals surface area (Å²) >= 11 is 0. The molecule has 2 heterocycles. The number of halogens is 1. The van der Waals surface area contributed by atoms with E-state index in [0.717, 1.165) is 57.3 Å². The maximum absolute atomic E-state index is 13.2. The number of carbonyl (C=O) groups excluding carboxylic acids is 1. The van der Waals surface area contributed by atoms with Gasteiger partial charge in [-0.15, -0.1) is 0 Å². The van der Waals surface area contributed by atoms with Crippen LogP contribution in [0.15, 0.2) is 24.3 Å². The highest BCUT2D eigenvalue weighted by molar-refractivity contribution is 5.82. The van der Waals surface area contributed by atoms with Gasteiger partial charge in [0.2, 0.25) is 5.91 Å². The molecule has 0 saturated carbocycles. The predicted octanol–water partition coefficient (Wildman–Crippen LogP) is 2.77. The monoisotopic (exact) mass is 347 g/mol. The molecular formula is C20H30FN3O. The van der Waals surface area contributed by atoms with E-state index in [1.54, 1.807) is 0 Å². The average Bonchev–Trinajstić information content (AvgIpc) is 2.63. The first-order valence-corrected chi connectivity index (χ1v) is 9.57. The highest BCUT2D eigenvalue weighted by Gasteiger charge is 2.34. The molecule has 0 radical (unpaired) electrons. The number of hydrogen-bond donors (Lipinski definition) is 1. The Hall–Kier alpha value is -1.46. The van der Waals surface area contributed by atoms with Crippen molar-refractivity contribution in [2.24, 2.45) is 11.7 Å². The van der Waals surface area contributed by atoms with Crippen LogP contribution in [0.1, 0.15) is 44.6 Å². The molecule has 2 N–H and O–H groups in total. The third kappa shape index (κ3) is 4.59. The van der Waals surface area contributed by atoms with Crippen molar-refractivity contribution in [3.8, 4) is 0 Å². The Morgan fingerprint density at radius 1 is 1.20 bits per heavy atom. The Balaban J connectivity index is 1.67. The highest BCUT2D eigenvalue weighted by atomic mass is 19.1. The summed E-state index contributed by atoms with van der Waals surface area (Å²) in [6.45, 7) is 5.32. The molecule has 0 bridgehead atoms. The molecule has 4 nitrogen and oxygen atoms in total. The fourth-order valence-electron chi connectivity index (χ4n) is 4.13. The van der Waals surface area contributed by atoms with Crippen molar-refractivity contribution in [2.75, 3.05) is 19.6 Å². The average molecular weight is 347 g/mol. The molecule has 25 heavy (non-hydrogen) atoms. The smallest absolute Gasteiger partial charge is 0.239 e. The summed E-state index contributed by atoms with van der Waals surface area (Å²) in [5.74, 6) is 0.448. The van der Waals surface area contributed by atoms with Crippen LogP contribution in [0, 0.1) is 11.7 Å². The van der Waals surface area contributed by atoms with Gasteiger partial charge in [-0.05, 0) is 62.8 Å². The molecular weight excluding hydrogens is 317 g/mol. The van der Waals surface area contributed by atoms with Crippen LogP contribution in [0.25, 0.3) is 0 Å². The van der Waals surface area contributed by atoms with E-state index in [9.17, 15) is 9.18 Å². The van der Waals surface area contributed by atoms with Crippen molar-refractivity contribution in [2.45, 2.75) is 57.7 Å². The second kappa shape index (κ2) is 8.28. The maximum atomic E-state index is 13.2. The van der Waals surface area contributed by atoms with Gasteiger partial charge in [0.05, 0.1) is 6.04 Å². The van der Waals surface area contributed by atoms with E-state index in [-0.39, 0.29) is 23.8 Å². The van der Waals surface area contributed by atoms with E-state index in [2.05, 4.69) is 4.90 Å². The first kappa shape index (κ1) is 18.3. The number of carbonyl (C=O) groups is 1. The molecule has 1 amide bonds. The fourth-order valence-corrected chi connectivity index (χ4v) is 4.13.